The zero-order valence-corrected chi connectivity index (χ0v) is 8.62. The highest BCUT2D eigenvalue weighted by Gasteiger charge is 2.06. The normalized spacial score (nSPS) is 10.5. The predicted octanol–water partition coefficient (Wildman–Crippen LogP) is 1.43. The van der Waals surface area contributed by atoms with Crippen LogP contribution in [0.4, 0.5) is 5.95 Å². The van der Waals surface area contributed by atoms with Crippen molar-refractivity contribution < 1.29 is 0 Å². The molecule has 2 rings (SSSR count). The number of benzene rings is 1. The number of aromatic nitrogens is 2. The number of H-pyrrole nitrogens is 1. The smallest absolute Gasteiger partial charge is 0.198 e. The molecule has 0 unspecified atom stereocenters. The highest BCUT2D eigenvalue weighted by atomic mass is 15.0. The molecule has 15 heavy (non-hydrogen) atoms. The maximum Gasteiger partial charge on any atom is 0.198 e. The van der Waals surface area contributed by atoms with E-state index in [1.54, 1.807) is 0 Å². The molecular weight excluding hydrogens is 188 g/mol. The Hall–Kier alpha value is -1.81. The zero-order chi connectivity index (χ0) is 10.8. The number of rotatable bonds is 2. The Morgan fingerprint density at radius 2 is 1.93 bits per heavy atom. The van der Waals surface area contributed by atoms with Gasteiger partial charge in [0.15, 0.2) is 5.95 Å². The largest absolute Gasteiger partial charge is 0.369 e. The van der Waals surface area contributed by atoms with Gasteiger partial charge in [-0.2, -0.15) is 0 Å². The van der Waals surface area contributed by atoms with Gasteiger partial charge in [0.1, 0.15) is 0 Å². The van der Waals surface area contributed by atoms with E-state index in [1.807, 2.05) is 31.2 Å². The lowest BCUT2D eigenvalue weighted by Crippen LogP contribution is -1.95. The van der Waals surface area contributed by atoms with E-state index in [0.29, 0.717) is 12.5 Å². The third-order valence-electron chi connectivity index (χ3n) is 2.37. The van der Waals surface area contributed by atoms with E-state index in [1.165, 1.54) is 0 Å². The van der Waals surface area contributed by atoms with Crippen LogP contribution >= 0.6 is 0 Å². The average Bonchev–Trinajstić information content (AvgIpc) is 2.58. The molecule has 0 aliphatic carbocycles. The van der Waals surface area contributed by atoms with Crippen LogP contribution in [0.2, 0.25) is 0 Å². The van der Waals surface area contributed by atoms with Gasteiger partial charge in [-0.1, -0.05) is 24.3 Å². The Morgan fingerprint density at radius 3 is 2.40 bits per heavy atom. The van der Waals surface area contributed by atoms with Gasteiger partial charge in [0.25, 0.3) is 0 Å². The van der Waals surface area contributed by atoms with Crippen LogP contribution in [-0.4, -0.2) is 9.97 Å². The van der Waals surface area contributed by atoms with Crippen LogP contribution in [0.25, 0.3) is 11.3 Å². The van der Waals surface area contributed by atoms with Crippen molar-refractivity contribution in [1.29, 1.82) is 0 Å². The lowest BCUT2D eigenvalue weighted by Gasteiger charge is -2.00. The van der Waals surface area contributed by atoms with Gasteiger partial charge in [-0.25, -0.2) is 4.98 Å². The number of aryl methyl sites for hydroxylation is 1. The van der Waals surface area contributed by atoms with Crippen LogP contribution in [0.15, 0.2) is 24.3 Å². The molecule has 1 aromatic carbocycles. The van der Waals surface area contributed by atoms with Gasteiger partial charge in [0.2, 0.25) is 0 Å². The van der Waals surface area contributed by atoms with Gasteiger partial charge in [-0.05, 0) is 12.5 Å². The molecule has 0 atom stereocenters. The van der Waals surface area contributed by atoms with Gasteiger partial charge in [0.05, 0.1) is 5.69 Å². The van der Waals surface area contributed by atoms with E-state index < -0.39 is 0 Å². The molecule has 0 aliphatic heterocycles. The number of nitrogens with two attached hydrogens (primary N) is 2. The van der Waals surface area contributed by atoms with Gasteiger partial charge >= 0.3 is 0 Å². The first-order valence-corrected chi connectivity index (χ1v) is 4.82. The molecule has 0 fully saturated rings. The van der Waals surface area contributed by atoms with E-state index in [4.69, 9.17) is 11.5 Å². The van der Waals surface area contributed by atoms with Gasteiger partial charge in [0, 0.05) is 17.8 Å². The molecular formula is C11H14N4. The predicted molar refractivity (Wildman–Crippen MR) is 61.1 cm³/mol. The third kappa shape index (κ3) is 1.85. The molecule has 0 spiro atoms. The summed E-state index contributed by atoms with van der Waals surface area (Å²) in [5, 5.41) is 0. The fourth-order valence-corrected chi connectivity index (χ4v) is 1.56. The number of hydrogen-bond acceptors (Lipinski definition) is 3. The number of aromatic amines is 1. The quantitative estimate of drug-likeness (QED) is 0.689. The minimum Gasteiger partial charge on any atom is -0.369 e. The first-order valence-electron chi connectivity index (χ1n) is 4.82. The van der Waals surface area contributed by atoms with Gasteiger partial charge < -0.3 is 16.5 Å². The van der Waals surface area contributed by atoms with Crippen LogP contribution in [-0.2, 0) is 6.54 Å². The lowest BCUT2D eigenvalue weighted by atomic mass is 10.1. The second-order valence-electron chi connectivity index (χ2n) is 3.50. The number of nitrogen functional groups attached to an aromatic ring is 1. The highest BCUT2D eigenvalue weighted by Crippen LogP contribution is 2.21. The summed E-state index contributed by atoms with van der Waals surface area (Å²) in [5.41, 5.74) is 15.2. The highest BCUT2D eigenvalue weighted by molar-refractivity contribution is 5.63. The molecule has 0 amide bonds. The average molecular weight is 202 g/mol. The number of anilines is 1. The van der Waals surface area contributed by atoms with Crippen LogP contribution in [0.3, 0.4) is 0 Å². The monoisotopic (exact) mass is 202 g/mol. The summed E-state index contributed by atoms with van der Waals surface area (Å²) >= 11 is 0. The molecule has 1 heterocycles. The first kappa shape index (κ1) is 9.73. The fraction of sp³-hybridized carbons (Fsp3) is 0.182. The minimum absolute atomic E-state index is 0.449. The second kappa shape index (κ2) is 3.74. The maximum atomic E-state index is 5.59. The van der Waals surface area contributed by atoms with Crippen molar-refractivity contribution in [3.8, 4) is 11.3 Å². The standard InChI is InChI=1S/C11H14N4/c1-7-10(15-11(13)14-7)9-4-2-8(6-12)3-5-9/h2-5H,6,12H2,1H3,(H3,13,14,15). The summed E-state index contributed by atoms with van der Waals surface area (Å²) in [5.74, 6) is 0.449. The van der Waals surface area contributed by atoms with E-state index in [0.717, 1.165) is 22.5 Å². The molecule has 0 bridgehead atoms. The Labute approximate surface area is 88.3 Å². The molecule has 0 aliphatic rings. The lowest BCUT2D eigenvalue weighted by molar-refractivity contribution is 1.07. The molecule has 0 radical (unpaired) electrons. The molecule has 0 saturated carbocycles. The topological polar surface area (TPSA) is 80.7 Å². The molecule has 4 nitrogen and oxygen atoms in total. The van der Waals surface area contributed by atoms with E-state index in [-0.39, 0.29) is 0 Å². The molecule has 78 valence electrons. The van der Waals surface area contributed by atoms with Crippen molar-refractivity contribution in [3.05, 3.63) is 35.5 Å². The number of imidazole rings is 1. The zero-order valence-electron chi connectivity index (χ0n) is 8.62. The van der Waals surface area contributed by atoms with E-state index in [9.17, 15) is 0 Å². The Balaban J connectivity index is 2.41. The Kier molecular flexibility index (Phi) is 2.43. The molecule has 1 aromatic heterocycles. The van der Waals surface area contributed by atoms with Crippen molar-refractivity contribution in [2.45, 2.75) is 13.5 Å². The summed E-state index contributed by atoms with van der Waals surface area (Å²) in [7, 11) is 0. The maximum absolute atomic E-state index is 5.59. The number of nitrogens with one attached hydrogen (secondary N) is 1. The van der Waals surface area contributed by atoms with Crippen molar-refractivity contribution in [1.82, 2.24) is 9.97 Å². The minimum atomic E-state index is 0.449. The SMILES string of the molecule is Cc1[nH]c(N)nc1-c1ccc(CN)cc1. The van der Waals surface area contributed by atoms with Crippen molar-refractivity contribution in [3.63, 3.8) is 0 Å². The Bertz CT molecular complexity index is 456. The van der Waals surface area contributed by atoms with Crippen molar-refractivity contribution >= 4 is 5.95 Å². The molecule has 5 N–H and O–H groups in total. The van der Waals surface area contributed by atoms with Gasteiger partial charge in [-0.15, -0.1) is 0 Å². The van der Waals surface area contributed by atoms with Crippen molar-refractivity contribution in [2.24, 2.45) is 5.73 Å². The number of hydrogen-bond donors (Lipinski definition) is 3. The van der Waals surface area contributed by atoms with Crippen LogP contribution in [0.1, 0.15) is 11.3 Å². The summed E-state index contributed by atoms with van der Waals surface area (Å²) in [6.07, 6.45) is 0. The molecule has 0 saturated heterocycles. The molecule has 2 aromatic rings. The van der Waals surface area contributed by atoms with Crippen LogP contribution in [0.5, 0.6) is 0 Å². The van der Waals surface area contributed by atoms with Crippen molar-refractivity contribution in [2.75, 3.05) is 5.73 Å². The Morgan fingerprint density at radius 1 is 1.27 bits per heavy atom. The second-order valence-corrected chi connectivity index (χ2v) is 3.50. The summed E-state index contributed by atoms with van der Waals surface area (Å²) in [6.45, 7) is 2.51. The van der Waals surface area contributed by atoms with Gasteiger partial charge in [-0.3, -0.25) is 0 Å². The fourth-order valence-electron chi connectivity index (χ4n) is 1.56. The third-order valence-corrected chi connectivity index (χ3v) is 2.37. The van der Waals surface area contributed by atoms with E-state index in [2.05, 4.69) is 9.97 Å². The van der Waals surface area contributed by atoms with Crippen LogP contribution < -0.4 is 11.5 Å². The number of nitrogens with zero attached hydrogens (tertiary/aromatic N) is 1. The van der Waals surface area contributed by atoms with E-state index >= 15 is 0 Å². The van der Waals surface area contributed by atoms with Crippen LogP contribution in [0, 0.1) is 6.92 Å². The summed E-state index contributed by atoms with van der Waals surface area (Å²) in [4.78, 5) is 7.20. The molecule has 4 heteroatoms. The first-order chi connectivity index (χ1) is 7.20. The summed E-state index contributed by atoms with van der Waals surface area (Å²) in [6, 6.07) is 8.01. The summed E-state index contributed by atoms with van der Waals surface area (Å²) < 4.78 is 0.